The van der Waals surface area contributed by atoms with Crippen molar-refractivity contribution >= 4 is 5.97 Å². The SMILES string of the molecule is CC(C)(C)c1cnc(CN2C3CCC2C(C(=O)O)C3)o1. The Hall–Kier alpha value is -1.36. The molecule has 0 amide bonds. The monoisotopic (exact) mass is 278 g/mol. The minimum absolute atomic E-state index is 0.0428. The summed E-state index contributed by atoms with van der Waals surface area (Å²) in [6, 6.07) is 0.536. The first-order chi connectivity index (χ1) is 9.36. The number of nitrogens with zero attached hydrogens (tertiary/aromatic N) is 2. The highest BCUT2D eigenvalue weighted by Gasteiger charge is 2.49. The Balaban J connectivity index is 1.73. The number of hydrogen-bond donors (Lipinski definition) is 1. The second kappa shape index (κ2) is 4.58. The smallest absolute Gasteiger partial charge is 0.308 e. The first kappa shape index (κ1) is 13.6. The first-order valence-electron chi connectivity index (χ1n) is 7.30. The normalized spacial score (nSPS) is 30.1. The van der Waals surface area contributed by atoms with E-state index in [-0.39, 0.29) is 17.4 Å². The van der Waals surface area contributed by atoms with Gasteiger partial charge in [-0.2, -0.15) is 0 Å². The Kier molecular flexibility index (Phi) is 3.12. The van der Waals surface area contributed by atoms with Gasteiger partial charge in [0.15, 0.2) is 0 Å². The molecular weight excluding hydrogens is 256 g/mol. The van der Waals surface area contributed by atoms with Crippen LogP contribution in [0.1, 0.15) is 51.7 Å². The fraction of sp³-hybridized carbons (Fsp3) is 0.733. The van der Waals surface area contributed by atoms with E-state index >= 15 is 0 Å². The fourth-order valence-electron chi connectivity index (χ4n) is 3.50. The Morgan fingerprint density at radius 3 is 2.80 bits per heavy atom. The molecule has 1 N–H and O–H groups in total. The summed E-state index contributed by atoms with van der Waals surface area (Å²) >= 11 is 0. The van der Waals surface area contributed by atoms with E-state index in [2.05, 4.69) is 30.7 Å². The second-order valence-corrected chi connectivity index (χ2v) is 7.02. The maximum absolute atomic E-state index is 11.3. The van der Waals surface area contributed by atoms with Gasteiger partial charge in [0.05, 0.1) is 18.7 Å². The predicted octanol–water partition coefficient (Wildman–Crippen LogP) is 2.41. The van der Waals surface area contributed by atoms with E-state index < -0.39 is 5.97 Å². The molecule has 20 heavy (non-hydrogen) atoms. The van der Waals surface area contributed by atoms with Crippen molar-refractivity contribution in [3.63, 3.8) is 0 Å². The van der Waals surface area contributed by atoms with Gasteiger partial charge in [-0.3, -0.25) is 9.69 Å². The van der Waals surface area contributed by atoms with Crippen molar-refractivity contribution in [3.05, 3.63) is 17.8 Å². The van der Waals surface area contributed by atoms with Crippen LogP contribution in [-0.2, 0) is 16.8 Å². The topological polar surface area (TPSA) is 66.6 Å². The van der Waals surface area contributed by atoms with Crippen LogP contribution >= 0.6 is 0 Å². The predicted molar refractivity (Wildman–Crippen MR) is 73.3 cm³/mol. The Morgan fingerprint density at radius 1 is 1.50 bits per heavy atom. The van der Waals surface area contributed by atoms with Crippen LogP contribution in [0.25, 0.3) is 0 Å². The number of fused-ring (bicyclic) bond motifs is 2. The van der Waals surface area contributed by atoms with Gasteiger partial charge in [0.1, 0.15) is 5.76 Å². The van der Waals surface area contributed by atoms with E-state index in [1.165, 1.54) is 0 Å². The number of oxazole rings is 1. The second-order valence-electron chi connectivity index (χ2n) is 7.02. The molecular formula is C15H22N2O3. The molecule has 1 aromatic rings. The van der Waals surface area contributed by atoms with E-state index in [1.54, 1.807) is 6.20 Å². The van der Waals surface area contributed by atoms with Gasteiger partial charge in [0.2, 0.25) is 5.89 Å². The van der Waals surface area contributed by atoms with Crippen LogP contribution in [0.15, 0.2) is 10.6 Å². The summed E-state index contributed by atoms with van der Waals surface area (Å²) in [7, 11) is 0. The summed E-state index contributed by atoms with van der Waals surface area (Å²) in [6.45, 7) is 6.92. The van der Waals surface area contributed by atoms with Crippen LogP contribution in [0.4, 0.5) is 0 Å². The van der Waals surface area contributed by atoms with Crippen LogP contribution in [0, 0.1) is 5.92 Å². The number of aromatic nitrogens is 1. The van der Waals surface area contributed by atoms with Crippen molar-refractivity contribution in [3.8, 4) is 0 Å². The van der Waals surface area contributed by atoms with Gasteiger partial charge in [-0.1, -0.05) is 20.8 Å². The Labute approximate surface area is 119 Å². The molecule has 2 aliphatic rings. The maximum atomic E-state index is 11.3. The number of carbonyl (C=O) groups is 1. The average molecular weight is 278 g/mol. The Morgan fingerprint density at radius 2 is 2.25 bits per heavy atom. The van der Waals surface area contributed by atoms with Crippen molar-refractivity contribution in [2.24, 2.45) is 5.92 Å². The van der Waals surface area contributed by atoms with Gasteiger partial charge in [-0.15, -0.1) is 0 Å². The summed E-state index contributed by atoms with van der Waals surface area (Å²) in [5.74, 6) is 0.711. The highest BCUT2D eigenvalue weighted by molar-refractivity contribution is 5.71. The lowest BCUT2D eigenvalue weighted by molar-refractivity contribution is -0.142. The molecule has 2 bridgehead atoms. The maximum Gasteiger partial charge on any atom is 0.308 e. The van der Waals surface area contributed by atoms with Crippen LogP contribution in [0.3, 0.4) is 0 Å². The van der Waals surface area contributed by atoms with Gasteiger partial charge in [-0.05, 0) is 19.3 Å². The summed E-state index contributed by atoms with van der Waals surface area (Å²) in [5, 5.41) is 9.26. The lowest BCUT2D eigenvalue weighted by atomic mass is 9.89. The van der Waals surface area contributed by atoms with Gasteiger partial charge in [-0.25, -0.2) is 4.98 Å². The molecule has 5 nitrogen and oxygen atoms in total. The van der Waals surface area contributed by atoms with Gasteiger partial charge >= 0.3 is 5.97 Å². The van der Waals surface area contributed by atoms with Crippen LogP contribution in [-0.4, -0.2) is 33.0 Å². The number of aliphatic carboxylic acids is 1. The molecule has 3 unspecified atom stereocenters. The van der Waals surface area contributed by atoms with Gasteiger partial charge < -0.3 is 9.52 Å². The molecule has 0 aliphatic carbocycles. The van der Waals surface area contributed by atoms with E-state index in [0.717, 1.165) is 25.0 Å². The highest BCUT2D eigenvalue weighted by atomic mass is 16.4. The lowest BCUT2D eigenvalue weighted by Crippen LogP contribution is -2.32. The summed E-state index contributed by atoms with van der Waals surface area (Å²) in [6.07, 6.45) is 4.64. The fourth-order valence-corrected chi connectivity index (χ4v) is 3.50. The molecule has 0 saturated carbocycles. The van der Waals surface area contributed by atoms with Crippen molar-refractivity contribution < 1.29 is 14.3 Å². The number of carboxylic acids is 1. The van der Waals surface area contributed by atoms with Crippen LogP contribution in [0.5, 0.6) is 0 Å². The molecule has 3 rings (SSSR count). The molecule has 0 aromatic carbocycles. The quantitative estimate of drug-likeness (QED) is 0.919. The minimum Gasteiger partial charge on any atom is -0.481 e. The van der Waals surface area contributed by atoms with Crippen molar-refractivity contribution in [2.45, 2.75) is 64.1 Å². The van der Waals surface area contributed by atoms with E-state index in [4.69, 9.17) is 4.42 Å². The lowest BCUT2D eigenvalue weighted by Gasteiger charge is -2.21. The molecule has 2 aliphatic heterocycles. The van der Waals surface area contributed by atoms with Crippen molar-refractivity contribution in [1.29, 1.82) is 0 Å². The van der Waals surface area contributed by atoms with E-state index in [9.17, 15) is 9.90 Å². The van der Waals surface area contributed by atoms with Crippen LogP contribution in [0.2, 0.25) is 0 Å². The van der Waals surface area contributed by atoms with Gasteiger partial charge in [0.25, 0.3) is 0 Å². The highest BCUT2D eigenvalue weighted by Crippen LogP contribution is 2.42. The molecule has 1 aromatic heterocycles. The molecule has 3 atom stereocenters. The molecule has 3 heterocycles. The molecule has 0 radical (unpaired) electrons. The number of rotatable bonds is 3. The Bertz CT molecular complexity index is 517. The molecule has 5 heteroatoms. The molecule has 2 fully saturated rings. The molecule has 2 saturated heterocycles. The molecule has 110 valence electrons. The summed E-state index contributed by atoms with van der Waals surface area (Å²) < 4.78 is 5.83. The zero-order valence-corrected chi connectivity index (χ0v) is 12.3. The third-order valence-corrected chi connectivity index (χ3v) is 4.61. The minimum atomic E-state index is -0.662. The third kappa shape index (κ3) is 2.24. The zero-order chi connectivity index (χ0) is 14.5. The number of hydrogen-bond acceptors (Lipinski definition) is 4. The number of carboxylic acid groups (broad SMARTS) is 1. The van der Waals surface area contributed by atoms with Crippen LogP contribution < -0.4 is 0 Å². The van der Waals surface area contributed by atoms with E-state index in [0.29, 0.717) is 18.5 Å². The third-order valence-electron chi connectivity index (χ3n) is 4.61. The molecule has 0 spiro atoms. The average Bonchev–Trinajstić information content (AvgIpc) is 3.04. The van der Waals surface area contributed by atoms with Crippen molar-refractivity contribution in [1.82, 2.24) is 9.88 Å². The summed E-state index contributed by atoms with van der Waals surface area (Å²) in [4.78, 5) is 17.9. The standard InChI is InChI=1S/C15H22N2O3/c1-15(2,3)12-7-16-13(20-12)8-17-9-4-5-11(17)10(6-9)14(18)19/h7,9-11H,4-6,8H2,1-3H3,(H,18,19). The largest absolute Gasteiger partial charge is 0.481 e. The summed E-state index contributed by atoms with van der Waals surface area (Å²) in [5.41, 5.74) is -0.0428. The van der Waals surface area contributed by atoms with E-state index in [1.807, 2.05) is 0 Å². The first-order valence-corrected chi connectivity index (χ1v) is 7.30. The van der Waals surface area contributed by atoms with Crippen molar-refractivity contribution in [2.75, 3.05) is 0 Å². The zero-order valence-electron chi connectivity index (χ0n) is 12.3. The van der Waals surface area contributed by atoms with Gasteiger partial charge in [0, 0.05) is 17.5 Å².